The zero-order valence-electron chi connectivity index (χ0n) is 14.1. The van der Waals surface area contributed by atoms with Gasteiger partial charge in [0.2, 0.25) is 0 Å². The molecule has 0 bridgehead atoms. The lowest BCUT2D eigenvalue weighted by atomic mass is 9.91. The van der Waals surface area contributed by atoms with Gasteiger partial charge in [0, 0.05) is 28.7 Å². The fraction of sp³-hybridized carbons (Fsp3) is 0.263. The van der Waals surface area contributed by atoms with E-state index in [2.05, 4.69) is 0 Å². The number of hydrogen-bond acceptors (Lipinski definition) is 1. The Morgan fingerprint density at radius 2 is 1.44 bits per heavy atom. The second-order valence-corrected chi connectivity index (χ2v) is 6.34. The van der Waals surface area contributed by atoms with Gasteiger partial charge in [0.05, 0.1) is 0 Å². The normalized spacial score (nSPS) is 13.3. The van der Waals surface area contributed by atoms with Crippen LogP contribution in [-0.4, -0.2) is 22.0 Å². The Morgan fingerprint density at radius 3 is 2.00 bits per heavy atom. The number of aromatic nitrogens is 1. The molecule has 144 valence electrons. The highest BCUT2D eigenvalue weighted by Gasteiger charge is 2.71. The van der Waals surface area contributed by atoms with Gasteiger partial charge in [-0.1, -0.05) is 36.4 Å². The molecule has 1 aromatic heterocycles. The molecule has 0 atom stereocenters. The van der Waals surface area contributed by atoms with E-state index in [1.807, 2.05) is 30.3 Å². The summed E-state index contributed by atoms with van der Waals surface area (Å²) in [7, 11) is 0. The minimum Gasteiger partial charge on any atom is -0.369 e. The fourth-order valence-electron chi connectivity index (χ4n) is 3.10. The van der Waals surface area contributed by atoms with Crippen molar-refractivity contribution < 1.29 is 31.4 Å². The van der Waals surface area contributed by atoms with E-state index < -0.39 is 23.5 Å². The first kappa shape index (κ1) is 19.3. The molecule has 0 unspecified atom stereocenters. The summed E-state index contributed by atoms with van der Waals surface area (Å²) < 4.78 is 80.3. The lowest BCUT2D eigenvalue weighted by Gasteiger charge is -2.32. The van der Waals surface area contributed by atoms with E-state index in [0.717, 1.165) is 11.6 Å². The Bertz CT molecular complexity index is 942. The molecular weight excluding hydrogens is 372 g/mol. The fourth-order valence-corrected chi connectivity index (χ4v) is 3.10. The van der Waals surface area contributed by atoms with Gasteiger partial charge in [-0.3, -0.25) is 0 Å². The standard InChI is InChI=1S/C19H15F6NO/c1-12-9-14-10-15(17(27,18(20,21)22)19(23,24)25)7-8-16(14)26(12)11-13-5-3-2-4-6-13/h2-10,27H,11H2,1H3. The largest absolute Gasteiger partial charge is 0.430 e. The summed E-state index contributed by atoms with van der Waals surface area (Å²) in [5.74, 6) is 0. The molecule has 0 aliphatic heterocycles. The van der Waals surface area contributed by atoms with Gasteiger partial charge in [-0.05, 0) is 30.7 Å². The minimum absolute atomic E-state index is 0.188. The van der Waals surface area contributed by atoms with Crippen LogP contribution in [0, 0.1) is 6.92 Å². The summed E-state index contributed by atoms with van der Waals surface area (Å²) in [6.45, 7) is 2.13. The number of alkyl halides is 6. The maximum Gasteiger partial charge on any atom is 0.430 e. The van der Waals surface area contributed by atoms with Crippen LogP contribution >= 0.6 is 0 Å². The number of aryl methyl sites for hydroxylation is 1. The first-order chi connectivity index (χ1) is 12.4. The molecule has 8 heteroatoms. The Morgan fingerprint density at radius 1 is 0.852 bits per heavy atom. The molecule has 27 heavy (non-hydrogen) atoms. The number of halogens is 6. The van der Waals surface area contributed by atoms with Crippen LogP contribution in [0.5, 0.6) is 0 Å². The predicted octanol–water partition coefficient (Wildman–Crippen LogP) is 5.31. The number of nitrogens with zero attached hydrogens (tertiary/aromatic N) is 1. The molecule has 0 saturated carbocycles. The topological polar surface area (TPSA) is 25.2 Å². The summed E-state index contributed by atoms with van der Waals surface area (Å²) in [6, 6.07) is 13.3. The first-order valence-electron chi connectivity index (χ1n) is 7.95. The molecular formula is C19H15F6NO. The number of rotatable bonds is 3. The average molecular weight is 387 g/mol. The highest BCUT2D eigenvalue weighted by molar-refractivity contribution is 5.82. The van der Waals surface area contributed by atoms with Crippen molar-refractivity contribution in [2.24, 2.45) is 0 Å². The van der Waals surface area contributed by atoms with Gasteiger partial charge in [0.1, 0.15) is 0 Å². The maximum atomic E-state index is 13.1. The molecule has 0 spiro atoms. The summed E-state index contributed by atoms with van der Waals surface area (Å²) in [5.41, 5.74) is -4.10. The molecule has 2 nitrogen and oxygen atoms in total. The van der Waals surface area contributed by atoms with E-state index in [1.54, 1.807) is 11.5 Å². The van der Waals surface area contributed by atoms with E-state index >= 15 is 0 Å². The van der Waals surface area contributed by atoms with Gasteiger partial charge in [0.25, 0.3) is 5.60 Å². The van der Waals surface area contributed by atoms with Crippen molar-refractivity contribution >= 4 is 10.9 Å². The molecule has 0 saturated heterocycles. The zero-order valence-corrected chi connectivity index (χ0v) is 14.1. The van der Waals surface area contributed by atoms with Gasteiger partial charge in [-0.2, -0.15) is 26.3 Å². The molecule has 1 heterocycles. The van der Waals surface area contributed by atoms with Crippen LogP contribution in [0.3, 0.4) is 0 Å². The molecule has 0 fully saturated rings. The van der Waals surface area contributed by atoms with Crippen LogP contribution in [0.25, 0.3) is 10.9 Å². The Hall–Kier alpha value is -2.48. The van der Waals surface area contributed by atoms with Crippen molar-refractivity contribution in [2.45, 2.75) is 31.4 Å². The van der Waals surface area contributed by atoms with Crippen molar-refractivity contribution in [1.82, 2.24) is 4.57 Å². The Labute approximate surface area is 150 Å². The molecule has 0 radical (unpaired) electrons. The van der Waals surface area contributed by atoms with Crippen molar-refractivity contribution in [3.8, 4) is 0 Å². The molecule has 0 aliphatic rings. The summed E-state index contributed by atoms with van der Waals surface area (Å²) in [6.07, 6.45) is -11.8. The highest BCUT2D eigenvalue weighted by Crippen LogP contribution is 2.50. The number of benzene rings is 2. The third kappa shape index (κ3) is 3.18. The van der Waals surface area contributed by atoms with Crippen LogP contribution in [0.4, 0.5) is 26.3 Å². The lowest BCUT2D eigenvalue weighted by Crippen LogP contribution is -2.53. The van der Waals surface area contributed by atoms with Crippen molar-refractivity contribution in [3.63, 3.8) is 0 Å². The zero-order chi connectivity index (χ0) is 20.0. The van der Waals surface area contributed by atoms with Gasteiger partial charge in [0.15, 0.2) is 0 Å². The third-order valence-corrected chi connectivity index (χ3v) is 4.53. The van der Waals surface area contributed by atoms with Crippen LogP contribution in [0.1, 0.15) is 16.8 Å². The smallest absolute Gasteiger partial charge is 0.369 e. The molecule has 0 amide bonds. The van der Waals surface area contributed by atoms with Crippen molar-refractivity contribution in [3.05, 3.63) is 71.4 Å². The van der Waals surface area contributed by atoms with E-state index in [-0.39, 0.29) is 5.39 Å². The first-order valence-corrected chi connectivity index (χ1v) is 7.95. The van der Waals surface area contributed by atoms with Gasteiger partial charge >= 0.3 is 12.4 Å². The number of aliphatic hydroxyl groups is 1. The average Bonchev–Trinajstić information content (AvgIpc) is 2.88. The Balaban J connectivity index is 2.12. The van der Waals surface area contributed by atoms with E-state index in [4.69, 9.17) is 0 Å². The lowest BCUT2D eigenvalue weighted by molar-refractivity contribution is -0.376. The minimum atomic E-state index is -5.90. The molecule has 0 aliphatic carbocycles. The van der Waals surface area contributed by atoms with E-state index in [1.165, 1.54) is 12.1 Å². The van der Waals surface area contributed by atoms with Gasteiger partial charge in [-0.15, -0.1) is 0 Å². The summed E-state index contributed by atoms with van der Waals surface area (Å²) in [5, 5.41) is 9.76. The van der Waals surface area contributed by atoms with Crippen LogP contribution in [-0.2, 0) is 12.1 Å². The van der Waals surface area contributed by atoms with Gasteiger partial charge < -0.3 is 9.67 Å². The number of fused-ring (bicyclic) bond motifs is 1. The van der Waals surface area contributed by atoms with Crippen molar-refractivity contribution in [1.29, 1.82) is 0 Å². The molecule has 3 aromatic rings. The van der Waals surface area contributed by atoms with Crippen LogP contribution in [0.15, 0.2) is 54.6 Å². The molecule has 3 rings (SSSR count). The number of hydrogen-bond donors (Lipinski definition) is 1. The second-order valence-electron chi connectivity index (χ2n) is 6.34. The Kier molecular flexibility index (Phi) is 4.50. The summed E-state index contributed by atoms with van der Waals surface area (Å²) >= 11 is 0. The SMILES string of the molecule is Cc1cc2cc(C(O)(C(F)(F)F)C(F)(F)F)ccc2n1Cc1ccccc1. The predicted molar refractivity (Wildman–Crippen MR) is 88.2 cm³/mol. The maximum absolute atomic E-state index is 13.1. The van der Waals surface area contributed by atoms with Crippen LogP contribution in [0.2, 0.25) is 0 Å². The van der Waals surface area contributed by atoms with E-state index in [9.17, 15) is 31.4 Å². The van der Waals surface area contributed by atoms with E-state index in [0.29, 0.717) is 23.8 Å². The van der Waals surface area contributed by atoms with Crippen LogP contribution < -0.4 is 0 Å². The third-order valence-electron chi connectivity index (χ3n) is 4.53. The highest BCUT2D eigenvalue weighted by atomic mass is 19.4. The second kappa shape index (κ2) is 6.30. The molecule has 1 N–H and O–H groups in total. The van der Waals surface area contributed by atoms with Crippen molar-refractivity contribution in [2.75, 3.05) is 0 Å². The monoisotopic (exact) mass is 387 g/mol. The molecule has 2 aromatic carbocycles. The quantitative estimate of drug-likeness (QED) is 0.606. The van der Waals surface area contributed by atoms with Gasteiger partial charge in [-0.25, -0.2) is 0 Å². The summed E-state index contributed by atoms with van der Waals surface area (Å²) in [4.78, 5) is 0.